The Morgan fingerprint density at radius 1 is 0.375 bits per heavy atom. The van der Waals surface area contributed by atoms with Gasteiger partial charge in [0.1, 0.15) is 22.3 Å². The molecule has 0 radical (unpaired) electrons. The molecule has 0 N–H and O–H groups in total. The van der Waals surface area contributed by atoms with Crippen molar-refractivity contribution in [2.24, 2.45) is 0 Å². The van der Waals surface area contributed by atoms with Gasteiger partial charge >= 0.3 is 0 Å². The number of fused-ring (bicyclic) bond motifs is 13. The lowest BCUT2D eigenvalue weighted by atomic mass is 9.99. The highest BCUT2D eigenvalue weighted by Gasteiger charge is 2.19. The molecule has 0 atom stereocenters. The third kappa shape index (κ3) is 3.69. The van der Waals surface area contributed by atoms with E-state index in [2.05, 4.69) is 132 Å². The number of nitrogens with zero attached hydrogens (tertiary/aromatic N) is 1. The van der Waals surface area contributed by atoms with Crippen LogP contribution >= 0.6 is 11.3 Å². The van der Waals surface area contributed by atoms with Crippen LogP contribution in [-0.4, -0.2) is 0 Å². The Bertz CT molecular complexity index is 2970. The van der Waals surface area contributed by atoms with Gasteiger partial charge in [-0.05, 0) is 70.8 Å². The molecule has 0 aliphatic carbocycles. The topological polar surface area (TPSA) is 29.5 Å². The molecule has 0 aliphatic heterocycles. The maximum absolute atomic E-state index is 6.39. The van der Waals surface area contributed by atoms with Gasteiger partial charge in [0.25, 0.3) is 0 Å². The first-order valence-corrected chi connectivity index (χ1v) is 17.0. The van der Waals surface area contributed by atoms with Crippen molar-refractivity contribution in [3.63, 3.8) is 0 Å². The quantitative estimate of drug-likeness (QED) is 0.182. The number of rotatable bonds is 3. The summed E-state index contributed by atoms with van der Waals surface area (Å²) in [6.45, 7) is 0. The van der Waals surface area contributed by atoms with Gasteiger partial charge in [-0.15, -0.1) is 11.3 Å². The molecule has 0 aliphatic rings. The van der Waals surface area contributed by atoms with Gasteiger partial charge < -0.3 is 13.7 Å². The third-order valence-electron chi connectivity index (χ3n) is 9.83. The molecular weight excluding hydrogens is 607 g/mol. The normalized spacial score (nSPS) is 12.2. The molecule has 224 valence electrons. The highest BCUT2D eigenvalue weighted by molar-refractivity contribution is 7.26. The summed E-state index contributed by atoms with van der Waals surface area (Å²) in [6.07, 6.45) is 0. The third-order valence-corrected chi connectivity index (χ3v) is 11.0. The van der Waals surface area contributed by atoms with Crippen molar-refractivity contribution in [3.8, 4) is 0 Å². The van der Waals surface area contributed by atoms with Gasteiger partial charge in [-0.25, -0.2) is 0 Å². The Labute approximate surface area is 278 Å². The molecule has 0 bridgehead atoms. The Morgan fingerprint density at radius 3 is 1.58 bits per heavy atom. The average molecular weight is 632 g/mol. The van der Waals surface area contributed by atoms with E-state index in [4.69, 9.17) is 8.83 Å². The molecule has 3 nitrogen and oxygen atoms in total. The van der Waals surface area contributed by atoms with E-state index in [9.17, 15) is 0 Å². The molecule has 0 saturated heterocycles. The molecular formula is C44H25NO2S. The molecule has 0 amide bonds. The van der Waals surface area contributed by atoms with Gasteiger partial charge in [0.05, 0.1) is 0 Å². The number of thiophene rings is 1. The van der Waals surface area contributed by atoms with Gasteiger partial charge in [-0.2, -0.15) is 0 Å². The molecule has 0 spiro atoms. The summed E-state index contributed by atoms with van der Waals surface area (Å²) in [5.41, 5.74) is 6.61. The van der Waals surface area contributed by atoms with Crippen LogP contribution in [0.2, 0.25) is 0 Å². The van der Waals surface area contributed by atoms with E-state index in [1.54, 1.807) is 0 Å². The van der Waals surface area contributed by atoms with Crippen LogP contribution in [0.25, 0.3) is 85.6 Å². The van der Waals surface area contributed by atoms with E-state index in [0.717, 1.165) is 60.9 Å². The second-order valence-electron chi connectivity index (χ2n) is 12.5. The fraction of sp³-hybridized carbons (Fsp3) is 0. The minimum atomic E-state index is 0.863. The van der Waals surface area contributed by atoms with Crippen LogP contribution in [0.1, 0.15) is 0 Å². The van der Waals surface area contributed by atoms with E-state index < -0.39 is 0 Å². The number of para-hydroxylation sites is 2. The first kappa shape index (κ1) is 26.0. The van der Waals surface area contributed by atoms with Crippen molar-refractivity contribution < 1.29 is 8.83 Å². The van der Waals surface area contributed by atoms with Gasteiger partial charge in [-0.1, -0.05) is 84.9 Å². The Morgan fingerprint density at radius 2 is 0.875 bits per heavy atom. The van der Waals surface area contributed by atoms with Crippen molar-refractivity contribution in [1.82, 2.24) is 0 Å². The number of hydrogen-bond acceptors (Lipinski definition) is 4. The molecule has 8 aromatic carbocycles. The molecule has 3 heterocycles. The summed E-state index contributed by atoms with van der Waals surface area (Å²) in [4.78, 5) is 2.32. The second kappa shape index (κ2) is 9.71. The van der Waals surface area contributed by atoms with Gasteiger partial charge in [0, 0.05) is 76.3 Å². The zero-order valence-electron chi connectivity index (χ0n) is 25.6. The number of benzene rings is 8. The standard InChI is InChI=1S/C44H25NO2S/c1-4-10-38-31(7-1)33-21-18-29(24-40(33)46-38)45(30-19-22-34-32-8-2-5-11-39(32)47-41(34)25-30)28-17-15-26-13-14-27-16-20-36-35-9-3-6-12-42(35)48-44(36)43(27)37(26)23-28/h1-25H. The van der Waals surface area contributed by atoms with Crippen LogP contribution in [0.4, 0.5) is 17.1 Å². The Balaban J connectivity index is 1.19. The lowest BCUT2D eigenvalue weighted by molar-refractivity contribution is 0.669. The van der Waals surface area contributed by atoms with Crippen LogP contribution in [0.15, 0.2) is 160 Å². The molecule has 0 unspecified atom stereocenters. The Hall–Kier alpha value is -6.10. The zero-order chi connectivity index (χ0) is 31.3. The lowest BCUT2D eigenvalue weighted by Gasteiger charge is -2.26. The molecule has 11 rings (SSSR count). The Kier molecular flexibility index (Phi) is 5.26. The molecule has 0 saturated carbocycles. The predicted molar refractivity (Wildman–Crippen MR) is 204 cm³/mol. The average Bonchev–Trinajstić information content (AvgIpc) is 3.82. The van der Waals surface area contributed by atoms with Gasteiger partial charge in [-0.3, -0.25) is 0 Å². The van der Waals surface area contributed by atoms with E-state index in [1.165, 1.54) is 41.7 Å². The predicted octanol–water partition coefficient (Wildman–Crippen LogP) is 13.6. The highest BCUT2D eigenvalue weighted by atomic mass is 32.1. The van der Waals surface area contributed by atoms with Gasteiger partial charge in [0.2, 0.25) is 0 Å². The van der Waals surface area contributed by atoms with Crippen LogP contribution in [0, 0.1) is 0 Å². The SMILES string of the molecule is c1ccc2c(c1)oc1cc(N(c3ccc4c(c3)oc3ccccc34)c3ccc4ccc5ccc6c7ccccc7sc6c5c4c3)ccc12. The van der Waals surface area contributed by atoms with E-state index in [0.29, 0.717) is 0 Å². The number of furan rings is 2. The maximum Gasteiger partial charge on any atom is 0.137 e. The highest BCUT2D eigenvalue weighted by Crippen LogP contribution is 2.45. The van der Waals surface area contributed by atoms with E-state index >= 15 is 0 Å². The van der Waals surface area contributed by atoms with E-state index in [-0.39, 0.29) is 0 Å². The van der Waals surface area contributed by atoms with Crippen molar-refractivity contribution in [1.29, 1.82) is 0 Å². The summed E-state index contributed by atoms with van der Waals surface area (Å²) in [5.74, 6) is 0. The minimum absolute atomic E-state index is 0.863. The fourth-order valence-electron chi connectivity index (χ4n) is 7.60. The number of hydrogen-bond donors (Lipinski definition) is 0. The van der Waals surface area contributed by atoms with Crippen molar-refractivity contribution in [2.45, 2.75) is 0 Å². The van der Waals surface area contributed by atoms with Crippen LogP contribution in [0.3, 0.4) is 0 Å². The zero-order valence-corrected chi connectivity index (χ0v) is 26.4. The first-order valence-electron chi connectivity index (χ1n) is 16.2. The molecule has 4 heteroatoms. The minimum Gasteiger partial charge on any atom is -0.456 e. The van der Waals surface area contributed by atoms with Crippen LogP contribution in [-0.2, 0) is 0 Å². The van der Waals surface area contributed by atoms with Gasteiger partial charge in [0.15, 0.2) is 0 Å². The maximum atomic E-state index is 6.39. The largest absolute Gasteiger partial charge is 0.456 e. The van der Waals surface area contributed by atoms with Crippen molar-refractivity contribution in [2.75, 3.05) is 4.90 Å². The van der Waals surface area contributed by atoms with E-state index in [1.807, 2.05) is 35.6 Å². The van der Waals surface area contributed by atoms with Crippen molar-refractivity contribution in [3.05, 3.63) is 152 Å². The smallest absolute Gasteiger partial charge is 0.137 e. The molecule has 48 heavy (non-hydrogen) atoms. The van der Waals surface area contributed by atoms with Crippen LogP contribution < -0.4 is 4.90 Å². The molecule has 0 fully saturated rings. The number of anilines is 3. The van der Waals surface area contributed by atoms with Crippen LogP contribution in [0.5, 0.6) is 0 Å². The first-order chi connectivity index (χ1) is 23.8. The molecule has 11 aromatic rings. The monoisotopic (exact) mass is 631 g/mol. The lowest BCUT2D eigenvalue weighted by Crippen LogP contribution is -2.09. The summed E-state index contributed by atoms with van der Waals surface area (Å²) < 4.78 is 15.4. The summed E-state index contributed by atoms with van der Waals surface area (Å²) in [6, 6.07) is 54.2. The second-order valence-corrected chi connectivity index (χ2v) is 13.6. The summed E-state index contributed by atoms with van der Waals surface area (Å²) in [7, 11) is 0. The van der Waals surface area contributed by atoms with Crippen molar-refractivity contribution >= 4 is 114 Å². The summed E-state index contributed by atoms with van der Waals surface area (Å²) in [5, 5.41) is 12.1. The molecule has 3 aromatic heterocycles. The fourth-order valence-corrected chi connectivity index (χ4v) is 8.87. The summed E-state index contributed by atoms with van der Waals surface area (Å²) >= 11 is 1.88.